The van der Waals surface area contributed by atoms with Gasteiger partial charge < -0.3 is 26.0 Å². The Morgan fingerprint density at radius 1 is 1.22 bits per heavy atom. The summed E-state index contributed by atoms with van der Waals surface area (Å²) in [6.45, 7) is 10.4. The Morgan fingerprint density at radius 2 is 1.85 bits per heavy atom. The minimum absolute atomic E-state index is 0.0352. The van der Waals surface area contributed by atoms with Crippen LogP contribution in [0.5, 0.6) is 0 Å². The van der Waals surface area contributed by atoms with E-state index in [0.29, 0.717) is 13.1 Å². The number of anilines is 2. The average molecular weight is 373 g/mol. The quantitative estimate of drug-likeness (QED) is 0.639. The Balaban J connectivity index is 1.96. The summed E-state index contributed by atoms with van der Waals surface area (Å²) in [6, 6.07) is 0. The maximum Gasteiger partial charge on any atom is 0.241 e. The van der Waals surface area contributed by atoms with Gasteiger partial charge in [-0.05, 0) is 67.8 Å². The molecule has 0 bridgehead atoms. The van der Waals surface area contributed by atoms with Gasteiger partial charge in [0.15, 0.2) is 0 Å². The fourth-order valence-electron chi connectivity index (χ4n) is 3.24. The number of nitrogens with two attached hydrogens (primary N) is 1. The summed E-state index contributed by atoms with van der Waals surface area (Å²) >= 11 is 0. The number of amides is 1. The van der Waals surface area contributed by atoms with Crippen LogP contribution in [0.2, 0.25) is 0 Å². The SMILES string of the molecule is Cc1c(C)c(NCC(=O)N(C)CC2=CCN(CCO)C=C2)c(C)c(C)c1N. The van der Waals surface area contributed by atoms with Gasteiger partial charge in [0.25, 0.3) is 0 Å². The van der Waals surface area contributed by atoms with Gasteiger partial charge in [-0.3, -0.25) is 4.79 Å². The zero-order chi connectivity index (χ0) is 20.1. The number of nitrogens with zero attached hydrogens (tertiary/aromatic N) is 2. The van der Waals surface area contributed by atoms with E-state index in [1.807, 2.05) is 51.9 Å². The Kier molecular flexibility index (Phi) is 6.91. The van der Waals surface area contributed by atoms with E-state index < -0.39 is 0 Å². The molecule has 1 amide bonds. The number of rotatable bonds is 7. The maximum atomic E-state index is 12.6. The molecule has 0 radical (unpaired) electrons. The number of benzene rings is 1. The number of aliphatic hydroxyl groups is 1. The van der Waals surface area contributed by atoms with E-state index in [-0.39, 0.29) is 19.1 Å². The molecule has 1 aromatic carbocycles. The molecule has 4 N–H and O–H groups in total. The van der Waals surface area contributed by atoms with Crippen LogP contribution in [-0.4, -0.2) is 60.6 Å². The summed E-state index contributed by atoms with van der Waals surface area (Å²) in [5, 5.41) is 12.3. The number of carbonyl (C=O) groups is 1. The van der Waals surface area contributed by atoms with Crippen LogP contribution in [0, 0.1) is 27.7 Å². The number of nitrogen functional groups attached to an aromatic ring is 1. The second kappa shape index (κ2) is 8.95. The first-order chi connectivity index (χ1) is 12.8. The number of nitrogens with one attached hydrogen (secondary N) is 1. The van der Waals surface area contributed by atoms with E-state index >= 15 is 0 Å². The second-order valence-electron chi connectivity index (χ2n) is 7.21. The second-order valence-corrected chi connectivity index (χ2v) is 7.21. The van der Waals surface area contributed by atoms with Crippen LogP contribution >= 0.6 is 0 Å². The van der Waals surface area contributed by atoms with Crippen molar-refractivity contribution in [3.8, 4) is 0 Å². The lowest BCUT2D eigenvalue weighted by Gasteiger charge is -2.25. The van der Waals surface area contributed by atoms with Crippen LogP contribution in [0.4, 0.5) is 11.4 Å². The first-order valence-corrected chi connectivity index (χ1v) is 9.32. The third kappa shape index (κ3) is 4.83. The minimum Gasteiger partial charge on any atom is -0.398 e. The number of carbonyl (C=O) groups excluding carboxylic acids is 1. The Bertz CT molecular complexity index is 739. The summed E-state index contributed by atoms with van der Waals surface area (Å²) in [7, 11) is 1.82. The van der Waals surface area contributed by atoms with Crippen LogP contribution in [0.1, 0.15) is 22.3 Å². The van der Waals surface area contributed by atoms with E-state index in [2.05, 4.69) is 11.4 Å². The van der Waals surface area contributed by atoms with Crippen LogP contribution in [0.25, 0.3) is 0 Å². The summed E-state index contributed by atoms with van der Waals surface area (Å²) < 4.78 is 0. The zero-order valence-corrected chi connectivity index (χ0v) is 17.1. The van der Waals surface area contributed by atoms with E-state index in [1.165, 1.54) is 0 Å². The van der Waals surface area contributed by atoms with Crippen LogP contribution in [-0.2, 0) is 4.79 Å². The molecule has 0 saturated carbocycles. The first-order valence-electron chi connectivity index (χ1n) is 9.32. The highest BCUT2D eigenvalue weighted by Gasteiger charge is 2.16. The van der Waals surface area contributed by atoms with Gasteiger partial charge in [-0.2, -0.15) is 0 Å². The highest BCUT2D eigenvalue weighted by Crippen LogP contribution is 2.32. The van der Waals surface area contributed by atoms with Gasteiger partial charge in [0.1, 0.15) is 0 Å². The summed E-state index contributed by atoms with van der Waals surface area (Å²) in [5.41, 5.74) is 13.4. The van der Waals surface area contributed by atoms with Crippen molar-refractivity contribution >= 4 is 17.3 Å². The standard InChI is InChI=1S/C21H32N4O2/c1-14-16(3)21(17(4)15(2)20(14)22)23-12-19(27)24(5)13-18-6-8-25(9-7-18)10-11-26/h6-8,23,26H,9-13,22H2,1-5H3. The molecule has 148 valence electrons. The zero-order valence-electron chi connectivity index (χ0n) is 17.1. The normalized spacial score (nSPS) is 13.6. The summed E-state index contributed by atoms with van der Waals surface area (Å²) in [6.07, 6.45) is 6.06. The van der Waals surface area contributed by atoms with Crippen molar-refractivity contribution in [3.05, 3.63) is 46.2 Å². The highest BCUT2D eigenvalue weighted by molar-refractivity contribution is 5.82. The molecule has 0 atom stereocenters. The van der Waals surface area contributed by atoms with Crippen molar-refractivity contribution in [3.63, 3.8) is 0 Å². The molecular weight excluding hydrogens is 340 g/mol. The molecule has 27 heavy (non-hydrogen) atoms. The van der Waals surface area contributed by atoms with Crippen molar-refractivity contribution in [2.45, 2.75) is 27.7 Å². The number of aliphatic hydroxyl groups excluding tert-OH is 1. The van der Waals surface area contributed by atoms with Gasteiger partial charge in [-0.1, -0.05) is 6.08 Å². The van der Waals surface area contributed by atoms with Crippen molar-refractivity contribution in [2.24, 2.45) is 0 Å². The fourth-order valence-corrected chi connectivity index (χ4v) is 3.24. The number of likely N-dealkylation sites (N-methyl/N-ethyl adjacent to an activating group) is 1. The van der Waals surface area contributed by atoms with Crippen LogP contribution < -0.4 is 11.1 Å². The van der Waals surface area contributed by atoms with Crippen molar-refractivity contribution in [1.82, 2.24) is 9.80 Å². The fraction of sp³-hybridized carbons (Fsp3) is 0.476. The van der Waals surface area contributed by atoms with Crippen LogP contribution in [0.3, 0.4) is 0 Å². The number of hydrogen-bond donors (Lipinski definition) is 3. The molecule has 0 aliphatic carbocycles. The Hall–Kier alpha value is -2.47. The summed E-state index contributed by atoms with van der Waals surface area (Å²) in [5.74, 6) is 0.0352. The average Bonchev–Trinajstić information content (AvgIpc) is 2.66. The maximum absolute atomic E-state index is 12.6. The first kappa shape index (κ1) is 20.8. The molecule has 6 heteroatoms. The van der Waals surface area contributed by atoms with E-state index in [9.17, 15) is 4.79 Å². The predicted molar refractivity (Wildman–Crippen MR) is 112 cm³/mol. The molecule has 0 unspecified atom stereocenters. The Morgan fingerprint density at radius 3 is 2.37 bits per heavy atom. The van der Waals surface area contributed by atoms with Gasteiger partial charge >= 0.3 is 0 Å². The van der Waals surface area contributed by atoms with Crippen LogP contribution in [0.15, 0.2) is 23.9 Å². The number of β-amino-alcohol motifs (C(OH)–C–C–N with tert-alkyl or cyclic N) is 1. The summed E-state index contributed by atoms with van der Waals surface area (Å²) in [4.78, 5) is 16.3. The third-order valence-corrected chi connectivity index (χ3v) is 5.42. The lowest BCUT2D eigenvalue weighted by molar-refractivity contribution is -0.127. The largest absolute Gasteiger partial charge is 0.398 e. The molecule has 1 aliphatic rings. The molecule has 2 rings (SSSR count). The van der Waals surface area contributed by atoms with Gasteiger partial charge in [-0.25, -0.2) is 0 Å². The smallest absolute Gasteiger partial charge is 0.241 e. The van der Waals surface area contributed by atoms with Gasteiger partial charge in [0.2, 0.25) is 5.91 Å². The van der Waals surface area contributed by atoms with E-state index in [4.69, 9.17) is 10.8 Å². The molecule has 1 aromatic rings. The number of hydrogen-bond acceptors (Lipinski definition) is 5. The van der Waals surface area contributed by atoms with Gasteiger partial charge in [0.05, 0.1) is 13.2 Å². The monoisotopic (exact) mass is 372 g/mol. The lowest BCUT2D eigenvalue weighted by atomic mass is 9.96. The molecule has 0 saturated heterocycles. The molecular formula is C21H32N4O2. The van der Waals surface area contributed by atoms with Crippen molar-refractivity contribution in [1.29, 1.82) is 0 Å². The van der Waals surface area contributed by atoms with Crippen molar-refractivity contribution < 1.29 is 9.90 Å². The molecule has 0 fully saturated rings. The van der Waals surface area contributed by atoms with E-state index in [0.717, 1.165) is 45.7 Å². The van der Waals surface area contributed by atoms with Gasteiger partial charge in [0, 0.05) is 38.1 Å². The third-order valence-electron chi connectivity index (χ3n) is 5.42. The van der Waals surface area contributed by atoms with Gasteiger partial charge in [-0.15, -0.1) is 0 Å². The molecule has 6 nitrogen and oxygen atoms in total. The molecule has 0 aromatic heterocycles. The minimum atomic E-state index is 0.0352. The van der Waals surface area contributed by atoms with Crippen molar-refractivity contribution in [2.75, 3.05) is 50.9 Å². The molecule has 1 aliphatic heterocycles. The molecule has 0 spiro atoms. The highest BCUT2D eigenvalue weighted by atomic mass is 16.3. The topological polar surface area (TPSA) is 81.8 Å². The predicted octanol–water partition coefficient (Wildman–Crippen LogP) is 2.12. The molecule has 1 heterocycles. The Labute approximate surface area is 162 Å². The van der Waals surface area contributed by atoms with E-state index in [1.54, 1.807) is 4.90 Å². The lowest BCUT2D eigenvalue weighted by Crippen LogP contribution is -2.34.